The Morgan fingerprint density at radius 2 is 2.10 bits per heavy atom. The molecule has 0 fully saturated rings. The average Bonchev–Trinajstić information content (AvgIpc) is 2.44. The fraction of sp³-hybridized carbons (Fsp3) is 0.333. The standard InChI is InChI=1S/C15H17NO4/c1-3-7-16-14(17)12-8-10-5-6-11(19-4-2)9-13(10)20-15(12)18/h5-6,8-9H,3-4,7H2,1-2H3,(H,16,17). The Morgan fingerprint density at radius 1 is 1.30 bits per heavy atom. The summed E-state index contributed by atoms with van der Waals surface area (Å²) >= 11 is 0. The van der Waals surface area contributed by atoms with Gasteiger partial charge in [0, 0.05) is 18.0 Å². The number of nitrogens with one attached hydrogen (secondary N) is 1. The van der Waals surface area contributed by atoms with Crippen LogP contribution < -0.4 is 15.7 Å². The topological polar surface area (TPSA) is 68.5 Å². The molecule has 1 aromatic heterocycles. The van der Waals surface area contributed by atoms with E-state index >= 15 is 0 Å². The number of rotatable bonds is 5. The van der Waals surface area contributed by atoms with Gasteiger partial charge in [-0.2, -0.15) is 0 Å². The van der Waals surface area contributed by atoms with Crippen LogP contribution in [0, 0.1) is 0 Å². The number of carbonyl (C=O) groups is 1. The van der Waals surface area contributed by atoms with E-state index in [1.54, 1.807) is 24.3 Å². The van der Waals surface area contributed by atoms with Crippen molar-refractivity contribution in [3.63, 3.8) is 0 Å². The van der Waals surface area contributed by atoms with Crippen LogP contribution in [0.5, 0.6) is 5.75 Å². The van der Waals surface area contributed by atoms with Crippen LogP contribution in [0.4, 0.5) is 0 Å². The molecule has 0 radical (unpaired) electrons. The molecule has 0 aliphatic rings. The van der Waals surface area contributed by atoms with Crippen molar-refractivity contribution in [2.45, 2.75) is 20.3 Å². The first kappa shape index (κ1) is 14.1. The van der Waals surface area contributed by atoms with Crippen LogP contribution in [0.2, 0.25) is 0 Å². The molecule has 1 aromatic carbocycles. The zero-order valence-electron chi connectivity index (χ0n) is 11.6. The van der Waals surface area contributed by atoms with E-state index in [2.05, 4.69) is 5.32 Å². The van der Waals surface area contributed by atoms with Gasteiger partial charge in [-0.05, 0) is 31.5 Å². The monoisotopic (exact) mass is 275 g/mol. The van der Waals surface area contributed by atoms with Gasteiger partial charge in [-0.15, -0.1) is 0 Å². The first-order chi connectivity index (χ1) is 9.65. The summed E-state index contributed by atoms with van der Waals surface area (Å²) in [6.45, 7) is 4.88. The predicted octanol–water partition coefficient (Wildman–Crippen LogP) is 2.33. The SMILES string of the molecule is CCCNC(=O)c1cc2ccc(OCC)cc2oc1=O. The average molecular weight is 275 g/mol. The van der Waals surface area contributed by atoms with E-state index in [0.717, 1.165) is 6.42 Å². The van der Waals surface area contributed by atoms with Crippen molar-refractivity contribution in [3.8, 4) is 5.75 Å². The zero-order chi connectivity index (χ0) is 14.5. The van der Waals surface area contributed by atoms with Gasteiger partial charge in [0.15, 0.2) is 0 Å². The molecule has 0 saturated heterocycles. The highest BCUT2D eigenvalue weighted by atomic mass is 16.5. The number of hydrogen-bond donors (Lipinski definition) is 1. The zero-order valence-corrected chi connectivity index (χ0v) is 11.6. The van der Waals surface area contributed by atoms with Gasteiger partial charge in [0.25, 0.3) is 5.91 Å². The number of fused-ring (bicyclic) bond motifs is 1. The number of amides is 1. The predicted molar refractivity (Wildman–Crippen MR) is 76.3 cm³/mol. The van der Waals surface area contributed by atoms with Gasteiger partial charge in [0.2, 0.25) is 0 Å². The van der Waals surface area contributed by atoms with E-state index in [0.29, 0.717) is 29.9 Å². The third-order valence-corrected chi connectivity index (χ3v) is 2.80. The Bertz CT molecular complexity index is 675. The van der Waals surface area contributed by atoms with Crippen molar-refractivity contribution in [2.75, 3.05) is 13.2 Å². The molecule has 0 unspecified atom stereocenters. The van der Waals surface area contributed by atoms with Crippen LogP contribution >= 0.6 is 0 Å². The summed E-state index contributed by atoms with van der Waals surface area (Å²) in [4.78, 5) is 23.7. The summed E-state index contributed by atoms with van der Waals surface area (Å²) in [6, 6.07) is 6.73. The Labute approximate surface area is 116 Å². The van der Waals surface area contributed by atoms with Gasteiger partial charge < -0.3 is 14.5 Å². The molecule has 0 aliphatic carbocycles. The van der Waals surface area contributed by atoms with Crippen molar-refractivity contribution in [1.82, 2.24) is 5.32 Å². The summed E-state index contributed by atoms with van der Waals surface area (Å²) in [7, 11) is 0. The number of ether oxygens (including phenoxy) is 1. The Balaban J connectivity index is 2.40. The molecular weight excluding hydrogens is 258 g/mol. The van der Waals surface area contributed by atoms with Crippen LogP contribution in [-0.4, -0.2) is 19.1 Å². The summed E-state index contributed by atoms with van der Waals surface area (Å²) in [5.41, 5.74) is -0.206. The smallest absolute Gasteiger partial charge is 0.349 e. The molecule has 0 spiro atoms. The molecule has 1 heterocycles. The summed E-state index contributed by atoms with van der Waals surface area (Å²) in [5.74, 6) is 0.225. The molecule has 0 saturated carbocycles. The number of hydrogen-bond acceptors (Lipinski definition) is 4. The highest BCUT2D eigenvalue weighted by Crippen LogP contribution is 2.20. The molecule has 0 bridgehead atoms. The lowest BCUT2D eigenvalue weighted by atomic mass is 10.1. The second-order valence-electron chi connectivity index (χ2n) is 4.34. The highest BCUT2D eigenvalue weighted by molar-refractivity contribution is 5.96. The Morgan fingerprint density at radius 3 is 2.80 bits per heavy atom. The minimum absolute atomic E-state index is 0.0232. The maximum absolute atomic E-state index is 11.8. The van der Waals surface area contributed by atoms with Gasteiger partial charge >= 0.3 is 5.63 Å². The second kappa shape index (κ2) is 6.23. The van der Waals surface area contributed by atoms with Gasteiger partial charge in [-0.1, -0.05) is 6.92 Å². The molecule has 106 valence electrons. The lowest BCUT2D eigenvalue weighted by Gasteiger charge is -2.06. The summed E-state index contributed by atoms with van der Waals surface area (Å²) in [5, 5.41) is 3.35. The molecule has 5 heteroatoms. The minimum atomic E-state index is -0.639. The van der Waals surface area contributed by atoms with Crippen LogP contribution in [0.15, 0.2) is 33.5 Å². The number of carbonyl (C=O) groups excluding carboxylic acids is 1. The highest BCUT2D eigenvalue weighted by Gasteiger charge is 2.13. The molecule has 1 amide bonds. The van der Waals surface area contributed by atoms with E-state index in [1.165, 1.54) is 0 Å². The molecule has 2 rings (SSSR count). The molecule has 20 heavy (non-hydrogen) atoms. The van der Waals surface area contributed by atoms with Gasteiger partial charge in [0.05, 0.1) is 6.61 Å². The first-order valence-electron chi connectivity index (χ1n) is 6.64. The molecule has 1 N–H and O–H groups in total. The lowest BCUT2D eigenvalue weighted by Crippen LogP contribution is -2.28. The third-order valence-electron chi connectivity index (χ3n) is 2.80. The maximum Gasteiger partial charge on any atom is 0.349 e. The van der Waals surface area contributed by atoms with Gasteiger partial charge in [0.1, 0.15) is 16.9 Å². The fourth-order valence-corrected chi connectivity index (χ4v) is 1.84. The first-order valence-corrected chi connectivity index (χ1v) is 6.64. The van der Waals surface area contributed by atoms with E-state index in [9.17, 15) is 9.59 Å². The Hall–Kier alpha value is -2.30. The molecule has 0 atom stereocenters. The molecular formula is C15H17NO4. The van der Waals surface area contributed by atoms with E-state index in [4.69, 9.17) is 9.15 Å². The molecule has 2 aromatic rings. The van der Waals surface area contributed by atoms with Gasteiger partial charge in [-0.25, -0.2) is 4.79 Å². The normalized spacial score (nSPS) is 10.5. The quantitative estimate of drug-likeness (QED) is 0.850. The summed E-state index contributed by atoms with van der Waals surface area (Å²) < 4.78 is 10.5. The number of benzene rings is 1. The van der Waals surface area contributed by atoms with E-state index in [-0.39, 0.29) is 5.56 Å². The van der Waals surface area contributed by atoms with E-state index in [1.807, 2.05) is 13.8 Å². The molecule has 0 aliphatic heterocycles. The largest absolute Gasteiger partial charge is 0.494 e. The van der Waals surface area contributed by atoms with Crippen molar-refractivity contribution in [2.24, 2.45) is 0 Å². The fourth-order valence-electron chi connectivity index (χ4n) is 1.84. The van der Waals surface area contributed by atoms with Crippen LogP contribution in [0.25, 0.3) is 11.0 Å². The maximum atomic E-state index is 11.8. The molecule has 5 nitrogen and oxygen atoms in total. The van der Waals surface area contributed by atoms with Crippen LogP contribution in [-0.2, 0) is 0 Å². The minimum Gasteiger partial charge on any atom is -0.494 e. The van der Waals surface area contributed by atoms with Crippen molar-refractivity contribution in [1.29, 1.82) is 0 Å². The lowest BCUT2D eigenvalue weighted by molar-refractivity contribution is 0.0950. The van der Waals surface area contributed by atoms with Gasteiger partial charge in [-0.3, -0.25) is 4.79 Å². The van der Waals surface area contributed by atoms with Crippen molar-refractivity contribution >= 4 is 16.9 Å². The van der Waals surface area contributed by atoms with Crippen molar-refractivity contribution in [3.05, 3.63) is 40.2 Å². The van der Waals surface area contributed by atoms with Crippen LogP contribution in [0.3, 0.4) is 0 Å². The summed E-state index contributed by atoms with van der Waals surface area (Å²) in [6.07, 6.45) is 0.808. The van der Waals surface area contributed by atoms with Crippen LogP contribution in [0.1, 0.15) is 30.6 Å². The second-order valence-corrected chi connectivity index (χ2v) is 4.34. The Kier molecular flexibility index (Phi) is 4.40. The third kappa shape index (κ3) is 2.99. The van der Waals surface area contributed by atoms with Crippen molar-refractivity contribution < 1.29 is 13.9 Å². The van der Waals surface area contributed by atoms with E-state index < -0.39 is 11.5 Å².